The van der Waals surface area contributed by atoms with Crippen LogP contribution in [0, 0.1) is 6.92 Å². The normalized spacial score (nSPS) is 17.5. The molecule has 38 heavy (non-hydrogen) atoms. The van der Waals surface area contributed by atoms with Gasteiger partial charge in [0.05, 0.1) is 32.4 Å². The van der Waals surface area contributed by atoms with Crippen LogP contribution in [0.5, 0.6) is 0 Å². The van der Waals surface area contributed by atoms with Crippen molar-refractivity contribution in [1.29, 1.82) is 0 Å². The molecule has 3 aromatic carbocycles. The van der Waals surface area contributed by atoms with E-state index in [1.807, 2.05) is 55.5 Å². The Labute approximate surface area is 225 Å². The number of carboxylic acids is 1. The highest BCUT2D eigenvalue weighted by Crippen LogP contribution is 2.45. The summed E-state index contributed by atoms with van der Waals surface area (Å²) in [6.07, 6.45) is -4.52. The zero-order chi connectivity index (χ0) is 27.2. The van der Waals surface area contributed by atoms with Crippen LogP contribution in [-0.2, 0) is 11.0 Å². The van der Waals surface area contributed by atoms with Gasteiger partial charge in [-0.1, -0.05) is 54.1 Å². The van der Waals surface area contributed by atoms with Crippen molar-refractivity contribution in [2.75, 3.05) is 0 Å². The van der Waals surface area contributed by atoms with Crippen LogP contribution in [0.15, 0.2) is 82.7 Å². The lowest BCUT2D eigenvalue weighted by Crippen LogP contribution is -3.09. The van der Waals surface area contributed by atoms with Crippen LogP contribution in [0.2, 0.25) is 5.02 Å². The summed E-state index contributed by atoms with van der Waals surface area (Å²) in [5.74, 6) is -0.682. The number of carbonyl (C=O) groups is 1. The van der Waals surface area contributed by atoms with Crippen LogP contribution in [0.3, 0.4) is 0 Å². The Balaban J connectivity index is 0.000000689. The van der Waals surface area contributed by atoms with Crippen LogP contribution >= 0.6 is 23.4 Å². The first-order valence-corrected chi connectivity index (χ1v) is 12.7. The van der Waals surface area contributed by atoms with Crippen molar-refractivity contribution in [1.82, 2.24) is 9.78 Å². The van der Waals surface area contributed by atoms with Crippen LogP contribution in [0.1, 0.15) is 35.3 Å². The first-order chi connectivity index (χ1) is 18.1. The van der Waals surface area contributed by atoms with E-state index in [-0.39, 0.29) is 11.7 Å². The van der Waals surface area contributed by atoms with E-state index in [1.165, 1.54) is 28.6 Å². The van der Waals surface area contributed by atoms with Gasteiger partial charge in [0.1, 0.15) is 0 Å². The minimum Gasteiger partial charge on any atom is -0.550 e. The molecule has 2 atom stereocenters. The Morgan fingerprint density at radius 3 is 2.39 bits per heavy atom. The molecule has 0 aliphatic carbocycles. The number of nitrogens with zero attached hydrogens (tertiary/aromatic N) is 3. The minimum absolute atomic E-state index is 0.0504. The SMILES string of the molecule is CC(=O)[O-].Cc1nn(-c2ccccc2C(F)(F)F)c2c1C(c1ccccc1Cl)[NH+]1C(=N2)Sc2ccccc21. The topological polar surface area (TPSA) is 74.8 Å². The smallest absolute Gasteiger partial charge is 0.418 e. The quantitative estimate of drug-likeness (QED) is 0.376. The number of aliphatic carboxylic acids is 1. The first kappa shape index (κ1) is 26.0. The number of rotatable bonds is 2. The predicted octanol–water partition coefficient (Wildman–Crippen LogP) is 5.02. The van der Waals surface area contributed by atoms with Crippen LogP contribution in [-0.4, -0.2) is 20.9 Å². The number of benzene rings is 3. The standard InChI is InChI=1S/C25H16ClF3N4S.C2H4O2/c1-14-21-22(15-8-2-4-10-17(15)26)32-19-12-6-7-13-20(19)34-24(32)30-23(21)33(31-14)18-11-5-3-9-16(18)25(27,28)29;1-2(3)4/h2-13,22H,1H3;1H3,(H,3,4). The van der Waals surface area contributed by atoms with Gasteiger partial charge in [0.25, 0.3) is 5.17 Å². The van der Waals surface area contributed by atoms with Gasteiger partial charge in [0.15, 0.2) is 17.5 Å². The van der Waals surface area contributed by atoms with E-state index in [4.69, 9.17) is 26.5 Å². The van der Waals surface area contributed by atoms with Gasteiger partial charge in [-0.15, -0.1) is 0 Å². The molecule has 2 aliphatic heterocycles. The fourth-order valence-corrected chi connectivity index (χ4v) is 6.07. The maximum atomic E-state index is 13.9. The Bertz CT molecular complexity index is 1580. The first-order valence-electron chi connectivity index (χ1n) is 11.5. The number of carbonyl (C=O) groups excluding carboxylic acids is 1. The molecule has 0 fully saturated rings. The van der Waals surface area contributed by atoms with Crippen molar-refractivity contribution in [2.24, 2.45) is 4.99 Å². The number of thioether (sulfide) groups is 1. The van der Waals surface area contributed by atoms with Gasteiger partial charge in [-0.05, 0) is 49.9 Å². The number of halogens is 4. The molecule has 1 aromatic heterocycles. The third-order valence-electron chi connectivity index (χ3n) is 6.13. The Morgan fingerprint density at radius 1 is 1.05 bits per heavy atom. The summed E-state index contributed by atoms with van der Waals surface area (Å²) in [6, 6.07) is 20.7. The minimum atomic E-state index is -4.52. The third kappa shape index (κ3) is 4.59. The molecule has 4 aromatic rings. The molecular formula is C27H20ClF3N4O2S. The van der Waals surface area contributed by atoms with Crippen LogP contribution in [0.25, 0.3) is 5.69 Å². The van der Waals surface area contributed by atoms with E-state index in [0.29, 0.717) is 16.5 Å². The maximum Gasteiger partial charge on any atom is 0.418 e. The van der Waals surface area contributed by atoms with E-state index in [9.17, 15) is 13.2 Å². The van der Waals surface area contributed by atoms with Crippen molar-refractivity contribution < 1.29 is 28.0 Å². The molecule has 3 heterocycles. The molecule has 2 unspecified atom stereocenters. The Morgan fingerprint density at radius 2 is 1.68 bits per heavy atom. The second-order valence-corrected chi connectivity index (χ2v) is 10.1. The van der Waals surface area contributed by atoms with Crippen LogP contribution < -0.4 is 10.0 Å². The van der Waals surface area contributed by atoms with Crippen molar-refractivity contribution in [3.8, 4) is 5.69 Å². The second-order valence-electron chi connectivity index (χ2n) is 8.62. The third-order valence-corrected chi connectivity index (χ3v) is 7.56. The van der Waals surface area contributed by atoms with Gasteiger partial charge < -0.3 is 9.90 Å². The lowest BCUT2D eigenvalue weighted by Gasteiger charge is -2.28. The summed E-state index contributed by atoms with van der Waals surface area (Å²) in [7, 11) is 0. The number of carboxylic acid groups (broad SMARTS) is 1. The molecule has 0 spiro atoms. The summed E-state index contributed by atoms with van der Waals surface area (Å²) in [5.41, 5.74) is 2.50. The highest BCUT2D eigenvalue weighted by atomic mass is 35.5. The molecule has 0 saturated heterocycles. The van der Waals surface area contributed by atoms with Gasteiger partial charge in [-0.2, -0.15) is 23.3 Å². The summed E-state index contributed by atoms with van der Waals surface area (Å²) in [5, 5.41) is 14.8. The number of nitrogens with one attached hydrogen (secondary N) is 1. The fourth-order valence-electron chi connectivity index (χ4n) is 4.71. The number of aliphatic imine (C=N–C) groups is 1. The van der Waals surface area contributed by atoms with Gasteiger partial charge in [-0.3, -0.25) is 0 Å². The Hall–Kier alpha value is -3.60. The average Bonchev–Trinajstić information content (AvgIpc) is 3.40. The largest absolute Gasteiger partial charge is 0.550 e. The van der Waals surface area contributed by atoms with Gasteiger partial charge in [-0.25, -0.2) is 9.58 Å². The van der Waals surface area contributed by atoms with E-state index in [1.54, 1.807) is 6.07 Å². The number of quaternary nitrogens is 1. The fraction of sp³-hybridized carbons (Fsp3) is 0.148. The van der Waals surface area contributed by atoms with E-state index in [2.05, 4.69) is 5.10 Å². The Kier molecular flexibility index (Phi) is 6.81. The molecule has 0 amide bonds. The molecule has 194 valence electrons. The highest BCUT2D eigenvalue weighted by Gasteiger charge is 2.47. The van der Waals surface area contributed by atoms with Crippen molar-refractivity contribution >= 4 is 46.0 Å². The van der Waals surface area contributed by atoms with Crippen LogP contribution in [0.4, 0.5) is 24.7 Å². The molecule has 0 bridgehead atoms. The maximum absolute atomic E-state index is 13.9. The lowest BCUT2D eigenvalue weighted by atomic mass is 9.95. The van der Waals surface area contributed by atoms with Gasteiger partial charge in [0.2, 0.25) is 0 Å². The van der Waals surface area contributed by atoms with Gasteiger partial charge in [0, 0.05) is 17.6 Å². The van der Waals surface area contributed by atoms with Gasteiger partial charge >= 0.3 is 6.18 Å². The summed E-state index contributed by atoms with van der Waals surface area (Å²) in [4.78, 5) is 15.8. The van der Waals surface area contributed by atoms with E-state index < -0.39 is 17.7 Å². The number of hydrogen-bond donors (Lipinski definition) is 1. The number of hydrogen-bond acceptors (Lipinski definition) is 5. The van der Waals surface area contributed by atoms with E-state index >= 15 is 0 Å². The van der Waals surface area contributed by atoms with Crippen molar-refractivity contribution in [2.45, 2.75) is 31.0 Å². The predicted molar refractivity (Wildman–Crippen MR) is 137 cm³/mol. The molecule has 2 aliphatic rings. The molecule has 11 heteroatoms. The number of amidine groups is 1. The number of aromatic nitrogens is 2. The number of para-hydroxylation sites is 2. The zero-order valence-corrected chi connectivity index (χ0v) is 21.7. The number of alkyl halides is 3. The molecule has 6 nitrogen and oxygen atoms in total. The molecule has 0 saturated carbocycles. The molecule has 0 radical (unpaired) electrons. The monoisotopic (exact) mass is 556 g/mol. The molecular weight excluding hydrogens is 537 g/mol. The summed E-state index contributed by atoms with van der Waals surface area (Å²) >= 11 is 8.18. The summed E-state index contributed by atoms with van der Waals surface area (Å²) < 4.78 is 42.9. The van der Waals surface area contributed by atoms with E-state index in [0.717, 1.165) is 44.8 Å². The number of fused-ring (bicyclic) bond motifs is 4. The zero-order valence-electron chi connectivity index (χ0n) is 20.1. The lowest BCUT2D eigenvalue weighted by molar-refractivity contribution is -0.759. The summed E-state index contributed by atoms with van der Waals surface area (Å²) in [6.45, 7) is 2.78. The molecule has 6 rings (SSSR count). The second kappa shape index (κ2) is 9.94. The number of aryl methyl sites for hydroxylation is 1. The van der Waals surface area contributed by atoms with Crippen molar-refractivity contribution in [3.05, 3.63) is 100 Å². The van der Waals surface area contributed by atoms with Crippen molar-refractivity contribution in [3.63, 3.8) is 0 Å². The highest BCUT2D eigenvalue weighted by molar-refractivity contribution is 8.13. The average molecular weight is 557 g/mol. The molecule has 1 N–H and O–H groups in total.